The molecule has 25 heavy (non-hydrogen) atoms. The van der Waals surface area contributed by atoms with Gasteiger partial charge in [-0.05, 0) is 36.5 Å². The Bertz CT molecular complexity index is 546. The number of ether oxygens (including phenoxy) is 2. The molecule has 0 saturated carbocycles. The summed E-state index contributed by atoms with van der Waals surface area (Å²) < 4.78 is 10.1. The first kappa shape index (κ1) is 20.8. The molecule has 0 saturated heterocycles. The average molecular weight is 350 g/mol. The van der Waals surface area contributed by atoms with Gasteiger partial charge in [0.1, 0.15) is 0 Å². The smallest absolute Gasteiger partial charge is 0.407 e. The van der Waals surface area contributed by atoms with Gasteiger partial charge >= 0.3 is 12.2 Å². The number of amides is 2. The van der Waals surface area contributed by atoms with Crippen LogP contribution in [-0.4, -0.2) is 25.4 Å². The lowest BCUT2D eigenvalue weighted by molar-refractivity contribution is 0.143. The molecule has 0 spiro atoms. The summed E-state index contributed by atoms with van der Waals surface area (Å²) >= 11 is 0. The molecule has 0 unspecified atom stereocenters. The van der Waals surface area contributed by atoms with Crippen molar-refractivity contribution < 1.29 is 19.1 Å². The molecule has 0 atom stereocenters. The van der Waals surface area contributed by atoms with Gasteiger partial charge in [0.2, 0.25) is 0 Å². The zero-order valence-electron chi connectivity index (χ0n) is 15.5. The lowest BCUT2D eigenvalue weighted by Crippen LogP contribution is -2.25. The number of aryl methyl sites for hydroxylation is 1. The van der Waals surface area contributed by atoms with Gasteiger partial charge in [0.25, 0.3) is 0 Å². The Labute approximate surface area is 150 Å². The van der Waals surface area contributed by atoms with Crippen LogP contribution >= 0.6 is 0 Å². The summed E-state index contributed by atoms with van der Waals surface area (Å²) in [6, 6.07) is 5.89. The highest BCUT2D eigenvalue weighted by Gasteiger charge is 2.06. The maximum Gasteiger partial charge on any atom is 0.407 e. The molecule has 2 amide bonds. The highest BCUT2D eigenvalue weighted by molar-refractivity contribution is 5.67. The maximum absolute atomic E-state index is 11.6. The fourth-order valence-corrected chi connectivity index (χ4v) is 2.09. The van der Waals surface area contributed by atoms with Gasteiger partial charge in [-0.2, -0.15) is 0 Å². The van der Waals surface area contributed by atoms with Crippen LogP contribution in [0.2, 0.25) is 0 Å². The van der Waals surface area contributed by atoms with Crippen molar-refractivity contribution in [1.82, 2.24) is 10.6 Å². The van der Waals surface area contributed by atoms with Gasteiger partial charge < -0.3 is 20.1 Å². The Morgan fingerprint density at radius 3 is 2.04 bits per heavy atom. The van der Waals surface area contributed by atoms with Crippen LogP contribution < -0.4 is 10.6 Å². The molecule has 1 rings (SSSR count). The third-order valence-electron chi connectivity index (χ3n) is 3.74. The second-order valence-corrected chi connectivity index (χ2v) is 5.95. The summed E-state index contributed by atoms with van der Waals surface area (Å²) in [4.78, 5) is 23.2. The van der Waals surface area contributed by atoms with E-state index in [9.17, 15) is 9.59 Å². The Morgan fingerprint density at radius 2 is 1.48 bits per heavy atom. The minimum atomic E-state index is -0.409. The molecule has 140 valence electrons. The maximum atomic E-state index is 11.6. The fraction of sp³-hybridized carbons (Fsp3) is 0.579. The Morgan fingerprint density at radius 1 is 0.920 bits per heavy atom. The van der Waals surface area contributed by atoms with Gasteiger partial charge in [0.05, 0.1) is 13.2 Å². The number of nitrogens with one attached hydrogen (secondary N) is 2. The van der Waals surface area contributed by atoms with E-state index in [0.717, 1.165) is 42.4 Å². The molecule has 0 aliphatic carbocycles. The molecule has 0 fully saturated rings. The average Bonchev–Trinajstić information content (AvgIpc) is 2.60. The summed E-state index contributed by atoms with van der Waals surface area (Å²) in [7, 11) is 0. The fourth-order valence-electron chi connectivity index (χ4n) is 2.09. The van der Waals surface area contributed by atoms with E-state index < -0.39 is 12.2 Å². The third kappa shape index (κ3) is 8.98. The van der Waals surface area contributed by atoms with Gasteiger partial charge in [0, 0.05) is 13.1 Å². The van der Waals surface area contributed by atoms with Gasteiger partial charge in [-0.15, -0.1) is 0 Å². The van der Waals surface area contributed by atoms with Crippen molar-refractivity contribution in [2.45, 2.75) is 59.5 Å². The van der Waals surface area contributed by atoms with Crippen molar-refractivity contribution in [2.75, 3.05) is 13.2 Å². The quantitative estimate of drug-likeness (QED) is 0.624. The molecule has 0 aliphatic heterocycles. The van der Waals surface area contributed by atoms with E-state index in [4.69, 9.17) is 9.47 Å². The Hall–Kier alpha value is -2.24. The minimum Gasteiger partial charge on any atom is -0.450 e. The molecule has 0 aliphatic rings. The van der Waals surface area contributed by atoms with E-state index in [2.05, 4.69) is 10.6 Å². The Kier molecular flexibility index (Phi) is 10.1. The molecule has 1 aromatic rings. The molecule has 6 heteroatoms. The molecule has 0 heterocycles. The van der Waals surface area contributed by atoms with Crippen molar-refractivity contribution in [2.24, 2.45) is 0 Å². The molecule has 0 bridgehead atoms. The van der Waals surface area contributed by atoms with E-state index in [1.165, 1.54) is 0 Å². The number of unbranched alkanes of at least 4 members (excludes halogenated alkanes) is 2. The summed E-state index contributed by atoms with van der Waals surface area (Å²) in [5.74, 6) is 0. The van der Waals surface area contributed by atoms with Crippen LogP contribution in [0.1, 0.15) is 56.2 Å². The topological polar surface area (TPSA) is 76.7 Å². The van der Waals surface area contributed by atoms with E-state index in [-0.39, 0.29) is 0 Å². The zero-order chi connectivity index (χ0) is 18.5. The van der Waals surface area contributed by atoms with Gasteiger partial charge in [-0.3, -0.25) is 0 Å². The molecular formula is C19H30N2O4. The lowest BCUT2D eigenvalue weighted by Gasteiger charge is -2.11. The van der Waals surface area contributed by atoms with Crippen LogP contribution in [0, 0.1) is 6.92 Å². The highest BCUT2D eigenvalue weighted by atomic mass is 16.6. The lowest BCUT2D eigenvalue weighted by atomic mass is 10.0. The number of rotatable bonds is 10. The molecule has 0 radical (unpaired) electrons. The number of carbonyl (C=O) groups is 2. The number of carbonyl (C=O) groups excluding carboxylic acids is 2. The minimum absolute atomic E-state index is 0.388. The molecular weight excluding hydrogens is 320 g/mol. The van der Waals surface area contributed by atoms with E-state index >= 15 is 0 Å². The third-order valence-corrected chi connectivity index (χ3v) is 3.74. The van der Waals surface area contributed by atoms with Crippen molar-refractivity contribution >= 4 is 12.2 Å². The monoisotopic (exact) mass is 350 g/mol. The first-order valence-electron chi connectivity index (χ1n) is 8.96. The van der Waals surface area contributed by atoms with Gasteiger partial charge in [0.15, 0.2) is 0 Å². The Balaban J connectivity index is 2.44. The summed E-state index contributed by atoms with van der Waals surface area (Å²) in [6.07, 6.45) is 2.89. The molecule has 2 N–H and O–H groups in total. The summed E-state index contributed by atoms with van der Waals surface area (Å²) in [5, 5.41) is 5.48. The first-order valence-corrected chi connectivity index (χ1v) is 8.96. The van der Waals surface area contributed by atoms with Crippen LogP contribution in [0.3, 0.4) is 0 Å². The van der Waals surface area contributed by atoms with Crippen molar-refractivity contribution in [3.63, 3.8) is 0 Å². The van der Waals surface area contributed by atoms with E-state index in [1.807, 2.05) is 39.0 Å². The largest absolute Gasteiger partial charge is 0.450 e. The van der Waals surface area contributed by atoms with E-state index in [1.54, 1.807) is 0 Å². The normalized spacial score (nSPS) is 10.2. The first-order chi connectivity index (χ1) is 12.1. The number of hydrogen-bond donors (Lipinski definition) is 2. The summed E-state index contributed by atoms with van der Waals surface area (Å²) in [5.41, 5.74) is 3.02. The predicted molar refractivity (Wildman–Crippen MR) is 97.4 cm³/mol. The number of benzene rings is 1. The second kappa shape index (κ2) is 12.2. The molecule has 1 aromatic carbocycles. The van der Waals surface area contributed by atoms with E-state index in [0.29, 0.717) is 26.3 Å². The summed E-state index contributed by atoms with van der Waals surface area (Å²) in [6.45, 7) is 7.73. The standard InChI is InChI=1S/C19H30N2O4/c1-4-6-10-24-18(22)20-13-16-9-8-15(3)17(12-16)14-21-19(23)25-11-7-5-2/h8-9,12H,4-7,10-11,13-14H2,1-3H3,(H,20,22)(H,21,23). The van der Waals surface area contributed by atoms with Gasteiger partial charge in [-0.1, -0.05) is 44.9 Å². The molecule has 6 nitrogen and oxygen atoms in total. The van der Waals surface area contributed by atoms with Crippen LogP contribution in [-0.2, 0) is 22.6 Å². The second-order valence-electron chi connectivity index (χ2n) is 5.95. The van der Waals surface area contributed by atoms with Crippen molar-refractivity contribution in [3.05, 3.63) is 34.9 Å². The molecule has 0 aromatic heterocycles. The number of alkyl carbamates (subject to hydrolysis) is 2. The van der Waals surface area contributed by atoms with Crippen LogP contribution in [0.15, 0.2) is 18.2 Å². The zero-order valence-corrected chi connectivity index (χ0v) is 15.5. The van der Waals surface area contributed by atoms with Crippen LogP contribution in [0.25, 0.3) is 0 Å². The SMILES string of the molecule is CCCCOC(=O)NCc1ccc(C)c(CNC(=O)OCCCC)c1. The van der Waals surface area contributed by atoms with Crippen molar-refractivity contribution in [3.8, 4) is 0 Å². The number of hydrogen-bond acceptors (Lipinski definition) is 4. The van der Waals surface area contributed by atoms with Crippen LogP contribution in [0.5, 0.6) is 0 Å². The van der Waals surface area contributed by atoms with Crippen molar-refractivity contribution in [1.29, 1.82) is 0 Å². The highest BCUT2D eigenvalue weighted by Crippen LogP contribution is 2.11. The predicted octanol–water partition coefficient (Wildman–Crippen LogP) is 4.05. The van der Waals surface area contributed by atoms with Crippen LogP contribution in [0.4, 0.5) is 9.59 Å². The van der Waals surface area contributed by atoms with Gasteiger partial charge in [-0.25, -0.2) is 9.59 Å².